The standard InChI is InChI=1S/C20H22N4O3S2/c1-11-5-7-15(8-6-11)27-9-16(25)23-24-18(26)14(4)29-20-17-12(2)13(3)28-19(17)21-10-22-20/h5-8,10,14H,9H2,1-4H3,(H,23,25)(H,24,26)/t14-/m0/s1. The molecule has 1 atom stereocenters. The van der Waals surface area contributed by atoms with Crippen molar-refractivity contribution in [2.45, 2.75) is 38.0 Å². The van der Waals surface area contributed by atoms with E-state index in [0.29, 0.717) is 5.75 Å². The molecule has 2 N–H and O–H groups in total. The second kappa shape index (κ2) is 9.23. The number of hydrogen-bond donors (Lipinski definition) is 2. The largest absolute Gasteiger partial charge is 0.484 e. The van der Waals surface area contributed by atoms with Crippen LogP contribution in [0.15, 0.2) is 35.6 Å². The minimum Gasteiger partial charge on any atom is -0.484 e. The molecule has 0 saturated carbocycles. The fraction of sp³-hybridized carbons (Fsp3) is 0.300. The van der Waals surface area contributed by atoms with E-state index < -0.39 is 11.2 Å². The smallest absolute Gasteiger partial charge is 0.276 e. The second-order valence-electron chi connectivity index (χ2n) is 6.54. The van der Waals surface area contributed by atoms with Gasteiger partial charge in [0.2, 0.25) is 0 Å². The van der Waals surface area contributed by atoms with Crippen LogP contribution in [0.3, 0.4) is 0 Å². The predicted molar refractivity (Wildman–Crippen MR) is 115 cm³/mol. The SMILES string of the molecule is Cc1ccc(OCC(=O)NNC(=O)[C@H](C)Sc2ncnc3sc(C)c(C)c23)cc1. The number of amides is 2. The van der Waals surface area contributed by atoms with Gasteiger partial charge < -0.3 is 4.74 Å². The molecule has 29 heavy (non-hydrogen) atoms. The molecule has 0 bridgehead atoms. The zero-order chi connectivity index (χ0) is 21.0. The second-order valence-corrected chi connectivity index (χ2v) is 9.07. The van der Waals surface area contributed by atoms with Gasteiger partial charge in [-0.3, -0.25) is 20.4 Å². The molecule has 0 fully saturated rings. The van der Waals surface area contributed by atoms with Crippen molar-refractivity contribution in [3.63, 3.8) is 0 Å². The van der Waals surface area contributed by atoms with Gasteiger partial charge in [0.1, 0.15) is 21.9 Å². The topological polar surface area (TPSA) is 93.2 Å². The zero-order valence-electron chi connectivity index (χ0n) is 16.6. The highest BCUT2D eigenvalue weighted by Gasteiger charge is 2.19. The number of hydrogen-bond acceptors (Lipinski definition) is 7. The lowest BCUT2D eigenvalue weighted by molar-refractivity contribution is -0.129. The molecular formula is C20H22N4O3S2. The molecule has 2 aromatic heterocycles. The molecule has 0 unspecified atom stereocenters. The molecule has 0 aliphatic heterocycles. The van der Waals surface area contributed by atoms with Crippen LogP contribution in [-0.2, 0) is 9.59 Å². The quantitative estimate of drug-likeness (QED) is 0.354. The van der Waals surface area contributed by atoms with E-state index in [1.807, 2.05) is 32.9 Å². The average molecular weight is 431 g/mol. The summed E-state index contributed by atoms with van der Waals surface area (Å²) in [4.78, 5) is 35.0. The Balaban J connectivity index is 1.52. The van der Waals surface area contributed by atoms with Crippen LogP contribution in [0.1, 0.15) is 22.9 Å². The van der Waals surface area contributed by atoms with E-state index in [2.05, 4.69) is 20.8 Å². The number of aryl methyl sites for hydroxylation is 3. The van der Waals surface area contributed by atoms with Crippen LogP contribution in [0.2, 0.25) is 0 Å². The van der Waals surface area contributed by atoms with Gasteiger partial charge in [0.25, 0.3) is 11.8 Å². The molecule has 0 spiro atoms. The first kappa shape index (κ1) is 21.1. The third-order valence-corrected chi connectivity index (χ3v) is 6.52. The number of nitrogens with one attached hydrogen (secondary N) is 2. The first-order valence-corrected chi connectivity index (χ1v) is 10.7. The Bertz CT molecular complexity index is 1030. The summed E-state index contributed by atoms with van der Waals surface area (Å²) in [6.07, 6.45) is 1.51. The van der Waals surface area contributed by atoms with E-state index in [0.717, 1.165) is 26.4 Å². The molecule has 1 aromatic carbocycles. The lowest BCUT2D eigenvalue weighted by Gasteiger charge is -2.13. The molecule has 0 saturated heterocycles. The number of carbonyl (C=O) groups excluding carboxylic acids is 2. The number of rotatable bonds is 6. The van der Waals surface area contributed by atoms with Crippen molar-refractivity contribution >= 4 is 45.1 Å². The lowest BCUT2D eigenvalue weighted by atomic mass is 10.2. The molecule has 9 heteroatoms. The number of carbonyl (C=O) groups is 2. The van der Waals surface area contributed by atoms with E-state index in [4.69, 9.17) is 4.74 Å². The van der Waals surface area contributed by atoms with E-state index in [-0.39, 0.29) is 12.5 Å². The number of thioether (sulfide) groups is 1. The normalized spacial score (nSPS) is 11.9. The van der Waals surface area contributed by atoms with Gasteiger partial charge in [-0.05, 0) is 45.4 Å². The number of benzene rings is 1. The fourth-order valence-electron chi connectivity index (χ4n) is 2.51. The Hall–Kier alpha value is -2.65. The molecule has 2 heterocycles. The summed E-state index contributed by atoms with van der Waals surface area (Å²) in [7, 11) is 0. The molecule has 3 rings (SSSR count). The van der Waals surface area contributed by atoms with E-state index in [9.17, 15) is 9.59 Å². The van der Waals surface area contributed by atoms with Crippen molar-refractivity contribution in [2.75, 3.05) is 6.61 Å². The summed E-state index contributed by atoms with van der Waals surface area (Å²) < 4.78 is 5.39. The van der Waals surface area contributed by atoms with Crippen LogP contribution in [0.4, 0.5) is 0 Å². The highest BCUT2D eigenvalue weighted by molar-refractivity contribution is 8.00. The van der Waals surface area contributed by atoms with Crippen molar-refractivity contribution < 1.29 is 14.3 Å². The highest BCUT2D eigenvalue weighted by Crippen LogP contribution is 2.35. The lowest BCUT2D eigenvalue weighted by Crippen LogP contribution is -2.46. The zero-order valence-corrected chi connectivity index (χ0v) is 18.2. The van der Waals surface area contributed by atoms with Crippen LogP contribution in [-0.4, -0.2) is 33.6 Å². The minimum atomic E-state index is -0.453. The van der Waals surface area contributed by atoms with Crippen molar-refractivity contribution in [3.8, 4) is 5.75 Å². The van der Waals surface area contributed by atoms with Gasteiger partial charge in [-0.15, -0.1) is 11.3 Å². The minimum absolute atomic E-state index is 0.190. The van der Waals surface area contributed by atoms with Crippen molar-refractivity contribution in [1.29, 1.82) is 0 Å². The van der Waals surface area contributed by atoms with Crippen LogP contribution < -0.4 is 15.6 Å². The van der Waals surface area contributed by atoms with Gasteiger partial charge in [-0.1, -0.05) is 29.5 Å². The number of aromatic nitrogens is 2. The van der Waals surface area contributed by atoms with Crippen LogP contribution in [0.25, 0.3) is 10.2 Å². The van der Waals surface area contributed by atoms with E-state index in [1.165, 1.54) is 23.0 Å². The molecule has 0 aliphatic rings. The maximum atomic E-state index is 12.4. The summed E-state index contributed by atoms with van der Waals surface area (Å²) in [6.45, 7) is 7.61. The first-order chi connectivity index (χ1) is 13.8. The highest BCUT2D eigenvalue weighted by atomic mass is 32.2. The summed E-state index contributed by atoms with van der Waals surface area (Å²) in [5, 5.41) is 1.29. The maximum absolute atomic E-state index is 12.4. The van der Waals surface area contributed by atoms with Gasteiger partial charge in [0.15, 0.2) is 6.61 Å². The summed E-state index contributed by atoms with van der Waals surface area (Å²) in [5.41, 5.74) is 7.04. The van der Waals surface area contributed by atoms with Gasteiger partial charge >= 0.3 is 0 Å². The Kier molecular flexibility index (Phi) is 6.71. The number of thiophene rings is 1. The number of ether oxygens (including phenoxy) is 1. The fourth-order valence-corrected chi connectivity index (χ4v) is 4.55. The van der Waals surface area contributed by atoms with Gasteiger partial charge in [0.05, 0.1) is 5.25 Å². The third-order valence-electron chi connectivity index (χ3n) is 4.30. The molecule has 0 radical (unpaired) electrons. The predicted octanol–water partition coefficient (Wildman–Crippen LogP) is 3.32. The molecular weight excluding hydrogens is 408 g/mol. The molecule has 3 aromatic rings. The number of nitrogens with zero attached hydrogens (tertiary/aromatic N) is 2. The first-order valence-electron chi connectivity index (χ1n) is 9.00. The Morgan fingerprint density at radius 2 is 1.86 bits per heavy atom. The maximum Gasteiger partial charge on any atom is 0.276 e. The number of hydrazine groups is 1. The summed E-state index contributed by atoms with van der Waals surface area (Å²) >= 11 is 2.94. The Morgan fingerprint density at radius 1 is 1.14 bits per heavy atom. The summed E-state index contributed by atoms with van der Waals surface area (Å²) in [6, 6.07) is 7.37. The number of fused-ring (bicyclic) bond motifs is 1. The third kappa shape index (κ3) is 5.24. The van der Waals surface area contributed by atoms with Gasteiger partial charge in [-0.25, -0.2) is 9.97 Å². The van der Waals surface area contributed by atoms with Crippen LogP contribution in [0.5, 0.6) is 5.75 Å². The monoisotopic (exact) mass is 430 g/mol. The van der Waals surface area contributed by atoms with Crippen molar-refractivity contribution in [2.24, 2.45) is 0 Å². The molecule has 152 valence electrons. The Labute approximate surface area is 177 Å². The van der Waals surface area contributed by atoms with E-state index in [1.54, 1.807) is 30.4 Å². The molecule has 2 amide bonds. The molecule has 7 nitrogen and oxygen atoms in total. The van der Waals surface area contributed by atoms with Gasteiger partial charge in [0, 0.05) is 10.3 Å². The van der Waals surface area contributed by atoms with Crippen molar-refractivity contribution in [3.05, 3.63) is 46.6 Å². The summed E-state index contributed by atoms with van der Waals surface area (Å²) in [5.74, 6) is -0.171. The van der Waals surface area contributed by atoms with Crippen molar-refractivity contribution in [1.82, 2.24) is 20.8 Å². The Morgan fingerprint density at radius 3 is 2.59 bits per heavy atom. The average Bonchev–Trinajstić information content (AvgIpc) is 3.00. The van der Waals surface area contributed by atoms with Gasteiger partial charge in [-0.2, -0.15) is 0 Å². The van der Waals surface area contributed by atoms with Crippen LogP contribution in [0, 0.1) is 20.8 Å². The van der Waals surface area contributed by atoms with Crippen LogP contribution >= 0.6 is 23.1 Å². The van der Waals surface area contributed by atoms with E-state index >= 15 is 0 Å². The molecule has 0 aliphatic carbocycles.